The van der Waals surface area contributed by atoms with Crippen LogP contribution in [-0.4, -0.2) is 92.5 Å². The molecule has 0 aromatic heterocycles. The number of aliphatic hydroxyl groups excluding tert-OH is 2. The smallest absolute Gasteiger partial charge is 0.306 e. The van der Waals surface area contributed by atoms with E-state index in [-0.39, 0.29) is 26.1 Å². The molecule has 0 saturated heterocycles. The first kappa shape index (κ1) is 57.1. The van der Waals surface area contributed by atoms with Crippen molar-refractivity contribution < 1.29 is 52.3 Å². The zero-order chi connectivity index (χ0) is 44.6. The van der Waals surface area contributed by atoms with Crippen molar-refractivity contribution >= 4 is 19.8 Å². The number of carbonyl (C=O) groups is 2. The fourth-order valence-electron chi connectivity index (χ4n) is 5.47. The van der Waals surface area contributed by atoms with Crippen LogP contribution in [0.1, 0.15) is 142 Å². The fourth-order valence-corrected chi connectivity index (χ4v) is 6.19. The molecule has 4 atom stereocenters. The number of rotatable bonds is 39. The van der Waals surface area contributed by atoms with Crippen LogP contribution < -0.4 is 4.89 Å². The monoisotopic (exact) mass is 864 g/mol. The van der Waals surface area contributed by atoms with Gasteiger partial charge in [-0.25, -0.2) is 0 Å². The molecule has 0 aromatic carbocycles. The minimum Gasteiger partial charge on any atom is -0.756 e. The zero-order valence-corrected chi connectivity index (χ0v) is 38.7. The first-order valence-electron chi connectivity index (χ1n) is 22.5. The van der Waals surface area contributed by atoms with Crippen molar-refractivity contribution in [1.29, 1.82) is 0 Å². The van der Waals surface area contributed by atoms with Gasteiger partial charge in [-0.1, -0.05) is 137 Å². The van der Waals surface area contributed by atoms with Crippen molar-refractivity contribution in [3.05, 3.63) is 85.1 Å². The van der Waals surface area contributed by atoms with Crippen molar-refractivity contribution in [3.8, 4) is 0 Å². The second-order valence-electron chi connectivity index (χ2n) is 16.0. The van der Waals surface area contributed by atoms with E-state index in [9.17, 15) is 29.3 Å². The van der Waals surface area contributed by atoms with Crippen LogP contribution in [0.25, 0.3) is 0 Å². The van der Waals surface area contributed by atoms with Crippen molar-refractivity contribution in [3.63, 3.8) is 0 Å². The number of nitrogens with zero attached hydrogens (tertiary/aromatic N) is 1. The van der Waals surface area contributed by atoms with Gasteiger partial charge in [0, 0.05) is 12.8 Å². The number of unbranched alkanes of at least 4 members (excludes halogenated alkanes) is 7. The lowest BCUT2D eigenvalue weighted by molar-refractivity contribution is -0.870. The molecule has 0 aliphatic rings. The highest BCUT2D eigenvalue weighted by Gasteiger charge is 2.22. The van der Waals surface area contributed by atoms with Gasteiger partial charge in [-0.05, 0) is 77.0 Å². The van der Waals surface area contributed by atoms with Crippen LogP contribution in [-0.2, 0) is 32.7 Å². The van der Waals surface area contributed by atoms with Crippen molar-refractivity contribution in [2.24, 2.45) is 0 Å². The van der Waals surface area contributed by atoms with E-state index >= 15 is 0 Å². The summed E-state index contributed by atoms with van der Waals surface area (Å²) in [4.78, 5) is 37.5. The summed E-state index contributed by atoms with van der Waals surface area (Å²) in [7, 11) is 1.01. The summed E-state index contributed by atoms with van der Waals surface area (Å²) in [5.74, 6) is -1.05. The Labute approximate surface area is 364 Å². The Bertz CT molecular complexity index is 1330. The normalized spacial score (nSPS) is 15.4. The van der Waals surface area contributed by atoms with Crippen molar-refractivity contribution in [2.45, 2.75) is 161 Å². The predicted molar refractivity (Wildman–Crippen MR) is 243 cm³/mol. The number of allylic oxidation sites excluding steroid dienone is 13. The van der Waals surface area contributed by atoms with Gasteiger partial charge >= 0.3 is 11.9 Å². The van der Waals surface area contributed by atoms with Crippen LogP contribution in [0.4, 0.5) is 0 Å². The molecule has 60 heavy (non-hydrogen) atoms. The number of likely N-dealkylation sites (N-methyl/N-ethyl adjacent to an activating group) is 1. The molecule has 12 heteroatoms. The Morgan fingerprint density at radius 1 is 0.617 bits per heavy atom. The quantitative estimate of drug-likeness (QED) is 0.0201. The number of phosphoric ester groups is 1. The SMILES string of the molecule is CC/C=C\C/C=C\C/C=C\C/C=C\C/C=C\C/C=C\CCC(=O)OC[C@H](COP(=O)([O-])OCC[N+](C)(C)C)OC(=O)CCCCCCC[C@H](O)[C@@H](O)C/C=C\CCCCC. The number of hydrogen-bond donors (Lipinski definition) is 2. The zero-order valence-electron chi connectivity index (χ0n) is 37.8. The fraction of sp³-hybridized carbons (Fsp3) is 0.667. The summed E-state index contributed by atoms with van der Waals surface area (Å²) in [6.45, 7) is 3.76. The molecule has 0 saturated carbocycles. The average Bonchev–Trinajstić information content (AvgIpc) is 3.19. The molecule has 0 heterocycles. The molecular formula is C48H82NO10P. The van der Waals surface area contributed by atoms with Gasteiger partial charge in [0.1, 0.15) is 19.8 Å². The third kappa shape index (κ3) is 40.5. The molecule has 0 bridgehead atoms. The molecular weight excluding hydrogens is 781 g/mol. The van der Waals surface area contributed by atoms with Gasteiger partial charge in [0.05, 0.1) is 40.0 Å². The Balaban J connectivity index is 4.60. The maximum atomic E-state index is 12.7. The lowest BCUT2D eigenvalue weighted by Crippen LogP contribution is -2.37. The maximum Gasteiger partial charge on any atom is 0.306 e. The molecule has 344 valence electrons. The highest BCUT2D eigenvalue weighted by molar-refractivity contribution is 7.45. The number of quaternary nitrogens is 1. The Morgan fingerprint density at radius 2 is 1.17 bits per heavy atom. The first-order valence-corrected chi connectivity index (χ1v) is 23.9. The Morgan fingerprint density at radius 3 is 1.75 bits per heavy atom. The molecule has 0 amide bonds. The van der Waals surface area contributed by atoms with Gasteiger partial charge in [0.25, 0.3) is 7.82 Å². The average molecular weight is 864 g/mol. The number of carbonyl (C=O) groups excluding carboxylic acids is 2. The van der Waals surface area contributed by atoms with E-state index in [1.807, 2.05) is 39.4 Å². The van der Waals surface area contributed by atoms with Crippen LogP contribution in [0.2, 0.25) is 0 Å². The third-order valence-corrected chi connectivity index (χ3v) is 10.1. The second kappa shape index (κ2) is 39.0. The van der Waals surface area contributed by atoms with Crippen molar-refractivity contribution in [1.82, 2.24) is 0 Å². The van der Waals surface area contributed by atoms with E-state index in [1.165, 1.54) is 12.8 Å². The van der Waals surface area contributed by atoms with Crippen LogP contribution in [0, 0.1) is 0 Å². The van der Waals surface area contributed by atoms with Gasteiger partial charge in [-0.15, -0.1) is 0 Å². The number of hydrogen-bond acceptors (Lipinski definition) is 10. The third-order valence-electron chi connectivity index (χ3n) is 9.11. The van der Waals surface area contributed by atoms with Gasteiger partial charge in [-0.2, -0.15) is 0 Å². The van der Waals surface area contributed by atoms with E-state index in [0.29, 0.717) is 36.7 Å². The molecule has 0 rings (SSSR count). The number of aliphatic hydroxyl groups is 2. The summed E-state index contributed by atoms with van der Waals surface area (Å²) in [6, 6.07) is 0. The van der Waals surface area contributed by atoms with Crippen LogP contribution in [0.3, 0.4) is 0 Å². The van der Waals surface area contributed by atoms with E-state index in [0.717, 1.165) is 77.0 Å². The Hall–Kier alpha value is -2.89. The molecule has 1 unspecified atom stereocenters. The highest BCUT2D eigenvalue weighted by Crippen LogP contribution is 2.38. The lowest BCUT2D eigenvalue weighted by atomic mass is 10.0. The van der Waals surface area contributed by atoms with E-state index in [4.69, 9.17) is 18.5 Å². The van der Waals surface area contributed by atoms with Crippen LogP contribution >= 0.6 is 7.82 Å². The van der Waals surface area contributed by atoms with Gasteiger partial charge in [-0.3, -0.25) is 14.2 Å². The van der Waals surface area contributed by atoms with Gasteiger partial charge in [0.15, 0.2) is 6.10 Å². The Kier molecular flexibility index (Phi) is 37.1. The molecule has 11 nitrogen and oxygen atoms in total. The standard InChI is InChI=1S/C48H82NO10P/c1-6-8-10-12-14-15-16-17-18-19-20-21-22-23-24-25-26-30-34-38-47(52)56-42-44(43-58-60(54,55)57-41-40-49(3,4)5)59-48(53)39-35-31-27-29-33-37-46(51)45(50)36-32-28-13-11-9-7-2/h8,10,14-15,17-18,20-21,23-24,26,28,30,32,44-46,50-51H,6-7,9,11-13,16,19,22,25,27,29,31,33-43H2,1-5H3/b10-8-,15-14-,18-17-,21-20-,24-23-,30-26-,32-28-/t44-,45+,46+/m1/s1. The minimum atomic E-state index is -4.69. The van der Waals surface area contributed by atoms with E-state index in [1.54, 1.807) is 0 Å². The molecule has 0 aliphatic heterocycles. The molecule has 0 spiro atoms. The first-order chi connectivity index (χ1) is 28.8. The van der Waals surface area contributed by atoms with Gasteiger partial charge < -0.3 is 38.1 Å². The summed E-state index contributed by atoms with van der Waals surface area (Å²) in [5.41, 5.74) is 0. The van der Waals surface area contributed by atoms with Crippen LogP contribution in [0.15, 0.2) is 85.1 Å². The topological polar surface area (TPSA) is 152 Å². The van der Waals surface area contributed by atoms with Crippen molar-refractivity contribution in [2.75, 3.05) is 47.5 Å². The number of esters is 2. The summed E-state index contributed by atoms with van der Waals surface area (Å²) in [5, 5.41) is 20.5. The lowest BCUT2D eigenvalue weighted by Gasteiger charge is -2.28. The summed E-state index contributed by atoms with van der Waals surface area (Å²) >= 11 is 0. The van der Waals surface area contributed by atoms with E-state index in [2.05, 4.69) is 80.7 Å². The molecule has 0 fully saturated rings. The predicted octanol–water partition coefficient (Wildman–Crippen LogP) is 10.1. The second-order valence-corrected chi connectivity index (χ2v) is 17.4. The van der Waals surface area contributed by atoms with E-state index < -0.39 is 44.7 Å². The minimum absolute atomic E-state index is 0.0750. The van der Waals surface area contributed by atoms with Crippen LogP contribution in [0.5, 0.6) is 0 Å². The maximum absolute atomic E-state index is 12.7. The molecule has 0 aliphatic carbocycles. The highest BCUT2D eigenvalue weighted by atomic mass is 31.2. The summed E-state index contributed by atoms with van der Waals surface area (Å²) < 4.78 is 33.7. The largest absolute Gasteiger partial charge is 0.756 e. The number of ether oxygens (including phenoxy) is 2. The molecule has 0 radical (unpaired) electrons. The number of phosphoric acid groups is 1. The molecule has 0 aromatic rings. The summed E-state index contributed by atoms with van der Waals surface area (Å²) in [6.07, 6.45) is 42.2. The van der Waals surface area contributed by atoms with Gasteiger partial charge in [0.2, 0.25) is 0 Å². The molecule has 2 N–H and O–H groups in total.